The number of ether oxygens (including phenoxy) is 1. The van der Waals surface area contributed by atoms with Crippen molar-refractivity contribution >= 4 is 46.5 Å². The van der Waals surface area contributed by atoms with Crippen molar-refractivity contribution in [3.63, 3.8) is 0 Å². The molecule has 2 heterocycles. The van der Waals surface area contributed by atoms with Gasteiger partial charge in [-0.3, -0.25) is 4.79 Å². The average molecular weight is 347 g/mol. The molecule has 0 spiro atoms. The van der Waals surface area contributed by atoms with Gasteiger partial charge in [0.15, 0.2) is 11.6 Å². The molecule has 0 atom stereocenters. The molecule has 1 aromatic heterocycles. The molecule has 0 aromatic carbocycles. The minimum Gasteiger partial charge on any atom is -0.465 e. The molecule has 8 heteroatoms. The highest BCUT2D eigenvalue weighted by Gasteiger charge is 2.24. The molecule has 1 saturated heterocycles. The van der Waals surface area contributed by atoms with E-state index >= 15 is 0 Å². The Kier molecular flexibility index (Phi) is 5.58. The molecular weight excluding hydrogens is 327 g/mol. The van der Waals surface area contributed by atoms with Gasteiger partial charge in [0.2, 0.25) is 0 Å². The summed E-state index contributed by atoms with van der Waals surface area (Å²) in [5, 5.41) is 0.611. The predicted molar refractivity (Wildman–Crippen MR) is 90.0 cm³/mol. The summed E-state index contributed by atoms with van der Waals surface area (Å²) in [5.74, 6) is 0.699. The van der Waals surface area contributed by atoms with E-state index in [-0.39, 0.29) is 23.2 Å². The number of hydrogen-bond acceptors (Lipinski definition) is 6. The van der Waals surface area contributed by atoms with Crippen molar-refractivity contribution in [3.05, 3.63) is 10.0 Å². The summed E-state index contributed by atoms with van der Waals surface area (Å²) in [6.45, 7) is 3.90. The van der Waals surface area contributed by atoms with E-state index in [9.17, 15) is 4.79 Å². The number of nitrogens with two attached hydrogens (primary N) is 1. The zero-order valence-corrected chi connectivity index (χ0v) is 14.2. The first-order valence-electron chi connectivity index (χ1n) is 7.21. The average Bonchev–Trinajstić information content (AvgIpc) is 2.99. The number of nitrogens with zero attached hydrogens (tertiary/aromatic N) is 3. The lowest BCUT2D eigenvalue weighted by atomic mass is 10.3. The fraction of sp³-hybridized carbons (Fsp3) is 0.571. The first kappa shape index (κ1) is 17.0. The standard InChI is InChI=1S/C14H20Cl2N4O2/c1-3-22-9(21)8-19(2)13-10(15)12(17)11(16)14(18-13)20-6-4-5-7-20/h3-8H2,1-2H3,(H2,17,18). The number of carbonyl (C=O) groups is 1. The Balaban J connectivity index is 2.32. The Morgan fingerprint density at radius 2 is 2.00 bits per heavy atom. The van der Waals surface area contributed by atoms with E-state index in [1.54, 1.807) is 18.9 Å². The number of hydrogen-bond donors (Lipinski definition) is 1. The van der Waals surface area contributed by atoms with Gasteiger partial charge in [-0.15, -0.1) is 0 Å². The minimum atomic E-state index is -0.348. The lowest BCUT2D eigenvalue weighted by Crippen LogP contribution is -2.29. The molecule has 1 aromatic rings. The molecule has 0 bridgehead atoms. The van der Waals surface area contributed by atoms with E-state index in [2.05, 4.69) is 9.88 Å². The molecular formula is C14H20Cl2N4O2. The summed E-state index contributed by atoms with van der Waals surface area (Å²) in [7, 11) is 1.71. The van der Waals surface area contributed by atoms with Crippen LogP contribution in [0.3, 0.4) is 0 Å². The molecule has 0 unspecified atom stereocenters. The highest BCUT2D eigenvalue weighted by Crippen LogP contribution is 2.40. The van der Waals surface area contributed by atoms with Crippen LogP contribution in [0.2, 0.25) is 10.0 Å². The first-order valence-corrected chi connectivity index (χ1v) is 7.97. The van der Waals surface area contributed by atoms with Crippen molar-refractivity contribution in [3.8, 4) is 0 Å². The van der Waals surface area contributed by atoms with Crippen LogP contribution in [0.15, 0.2) is 0 Å². The molecule has 0 radical (unpaired) electrons. The van der Waals surface area contributed by atoms with Crippen molar-refractivity contribution in [1.29, 1.82) is 0 Å². The number of halogens is 2. The topological polar surface area (TPSA) is 71.7 Å². The van der Waals surface area contributed by atoms with Crippen molar-refractivity contribution in [2.24, 2.45) is 0 Å². The SMILES string of the molecule is CCOC(=O)CN(C)c1nc(N2CCCC2)c(Cl)c(N)c1Cl. The monoisotopic (exact) mass is 346 g/mol. The number of aromatic nitrogens is 1. The smallest absolute Gasteiger partial charge is 0.325 e. The molecule has 0 aliphatic carbocycles. The van der Waals surface area contributed by atoms with Gasteiger partial charge in [0.1, 0.15) is 16.6 Å². The van der Waals surface area contributed by atoms with Crippen molar-refractivity contribution < 1.29 is 9.53 Å². The van der Waals surface area contributed by atoms with E-state index in [1.165, 1.54) is 0 Å². The lowest BCUT2D eigenvalue weighted by Gasteiger charge is -2.24. The Labute approximate surface area is 140 Å². The van der Waals surface area contributed by atoms with Gasteiger partial charge in [0.25, 0.3) is 0 Å². The molecule has 22 heavy (non-hydrogen) atoms. The van der Waals surface area contributed by atoms with Crippen LogP contribution in [0.1, 0.15) is 19.8 Å². The summed E-state index contributed by atoms with van der Waals surface area (Å²) in [4.78, 5) is 19.9. The van der Waals surface area contributed by atoms with Gasteiger partial charge in [-0.1, -0.05) is 23.2 Å². The van der Waals surface area contributed by atoms with Crippen LogP contribution in [-0.2, 0) is 9.53 Å². The summed E-state index contributed by atoms with van der Waals surface area (Å²) in [6.07, 6.45) is 2.18. The highest BCUT2D eigenvalue weighted by molar-refractivity contribution is 6.41. The van der Waals surface area contributed by atoms with Crippen molar-refractivity contribution in [1.82, 2.24) is 4.98 Å². The van der Waals surface area contributed by atoms with Crippen LogP contribution in [0.4, 0.5) is 17.3 Å². The highest BCUT2D eigenvalue weighted by atomic mass is 35.5. The van der Waals surface area contributed by atoms with Gasteiger partial charge >= 0.3 is 5.97 Å². The predicted octanol–water partition coefficient (Wildman–Crippen LogP) is 2.57. The Morgan fingerprint density at radius 1 is 1.36 bits per heavy atom. The van der Waals surface area contributed by atoms with E-state index in [1.807, 2.05) is 0 Å². The fourth-order valence-electron chi connectivity index (χ4n) is 2.40. The summed E-state index contributed by atoms with van der Waals surface area (Å²) < 4.78 is 4.94. The number of anilines is 3. The molecule has 2 rings (SSSR count). The number of pyridine rings is 1. The summed E-state index contributed by atoms with van der Waals surface area (Å²) in [5.41, 5.74) is 6.29. The van der Waals surface area contributed by atoms with Crippen LogP contribution in [0, 0.1) is 0 Å². The van der Waals surface area contributed by atoms with Crippen LogP contribution >= 0.6 is 23.2 Å². The Bertz CT molecular complexity index is 562. The number of likely N-dealkylation sites (N-methyl/N-ethyl adjacent to an activating group) is 1. The fourth-order valence-corrected chi connectivity index (χ4v) is 2.99. The zero-order chi connectivity index (χ0) is 16.3. The third-order valence-electron chi connectivity index (χ3n) is 3.52. The van der Waals surface area contributed by atoms with Gasteiger partial charge in [-0.2, -0.15) is 0 Å². The van der Waals surface area contributed by atoms with Crippen molar-refractivity contribution in [2.45, 2.75) is 19.8 Å². The summed E-state index contributed by atoms with van der Waals surface area (Å²) in [6, 6.07) is 0. The lowest BCUT2D eigenvalue weighted by molar-refractivity contribution is -0.141. The number of carbonyl (C=O) groups excluding carboxylic acids is 1. The van der Waals surface area contributed by atoms with Crippen LogP contribution in [0.25, 0.3) is 0 Å². The van der Waals surface area contributed by atoms with E-state index < -0.39 is 0 Å². The summed E-state index contributed by atoms with van der Waals surface area (Å²) >= 11 is 12.5. The van der Waals surface area contributed by atoms with Crippen LogP contribution in [-0.4, -0.2) is 44.2 Å². The minimum absolute atomic E-state index is 0.0427. The second-order valence-corrected chi connectivity index (χ2v) is 5.91. The van der Waals surface area contributed by atoms with E-state index in [4.69, 9.17) is 33.7 Å². The third kappa shape index (κ3) is 3.50. The van der Waals surface area contributed by atoms with Gasteiger partial charge in [0.05, 0.1) is 12.3 Å². The molecule has 1 aliphatic heterocycles. The zero-order valence-electron chi connectivity index (χ0n) is 12.7. The van der Waals surface area contributed by atoms with Crippen LogP contribution < -0.4 is 15.5 Å². The molecule has 6 nitrogen and oxygen atoms in total. The van der Waals surface area contributed by atoms with Crippen LogP contribution in [0.5, 0.6) is 0 Å². The number of rotatable bonds is 5. The molecule has 122 valence electrons. The number of esters is 1. The second-order valence-electron chi connectivity index (χ2n) is 5.16. The quantitative estimate of drug-likeness (QED) is 0.826. The molecule has 2 N–H and O–H groups in total. The second kappa shape index (κ2) is 7.24. The van der Waals surface area contributed by atoms with Gasteiger partial charge < -0.3 is 20.3 Å². The van der Waals surface area contributed by atoms with Gasteiger partial charge in [0, 0.05) is 20.1 Å². The van der Waals surface area contributed by atoms with Crippen molar-refractivity contribution in [2.75, 3.05) is 48.8 Å². The van der Waals surface area contributed by atoms with E-state index in [0.29, 0.717) is 23.3 Å². The van der Waals surface area contributed by atoms with E-state index in [0.717, 1.165) is 25.9 Å². The number of nitrogen functional groups attached to an aromatic ring is 1. The maximum Gasteiger partial charge on any atom is 0.325 e. The first-order chi connectivity index (χ1) is 10.5. The van der Waals surface area contributed by atoms with Gasteiger partial charge in [-0.25, -0.2) is 4.98 Å². The molecule has 0 saturated carbocycles. The molecule has 1 fully saturated rings. The molecule has 1 aliphatic rings. The normalized spacial score (nSPS) is 14.3. The maximum atomic E-state index is 11.6. The van der Waals surface area contributed by atoms with Gasteiger partial charge in [-0.05, 0) is 19.8 Å². The molecule has 0 amide bonds. The Hall–Kier alpha value is -1.40. The Morgan fingerprint density at radius 3 is 2.59 bits per heavy atom. The third-order valence-corrected chi connectivity index (χ3v) is 4.26. The largest absolute Gasteiger partial charge is 0.465 e. The maximum absolute atomic E-state index is 11.6.